The third-order valence-electron chi connectivity index (χ3n) is 6.52. The Hall–Kier alpha value is -3.49. The van der Waals surface area contributed by atoms with E-state index in [1.807, 2.05) is 4.90 Å². The Labute approximate surface area is 194 Å². The number of methoxy groups -OCH3 is 2. The van der Waals surface area contributed by atoms with Gasteiger partial charge >= 0.3 is 6.18 Å². The summed E-state index contributed by atoms with van der Waals surface area (Å²) in [6, 6.07) is 9.13. The van der Waals surface area contributed by atoms with E-state index in [1.165, 1.54) is 26.4 Å². The Morgan fingerprint density at radius 3 is 2.18 bits per heavy atom. The van der Waals surface area contributed by atoms with Gasteiger partial charge in [0.15, 0.2) is 0 Å². The zero-order valence-corrected chi connectivity index (χ0v) is 18.9. The number of rotatable bonds is 5. The zero-order chi connectivity index (χ0) is 24.0. The second-order valence-electron chi connectivity index (χ2n) is 8.52. The molecule has 2 aliphatic rings. The zero-order valence-electron chi connectivity index (χ0n) is 18.9. The van der Waals surface area contributed by atoms with Crippen LogP contribution in [0.25, 0.3) is 16.9 Å². The lowest BCUT2D eigenvalue weighted by atomic mass is 10.0. The summed E-state index contributed by atoms with van der Waals surface area (Å²) >= 11 is 0. The molecular weight excluding hydrogens is 447 g/mol. The maximum atomic E-state index is 14.0. The normalized spacial score (nSPS) is 15.1. The molecule has 34 heavy (non-hydrogen) atoms. The fourth-order valence-electron chi connectivity index (χ4n) is 4.62. The lowest BCUT2D eigenvalue weighted by Gasteiger charge is -2.33. The van der Waals surface area contributed by atoms with Gasteiger partial charge in [-0.1, -0.05) is 0 Å². The number of ether oxygens (including phenoxy) is 2. The molecule has 1 aliphatic heterocycles. The lowest BCUT2D eigenvalue weighted by Crippen LogP contribution is -2.37. The Kier molecular flexibility index (Phi) is 5.50. The summed E-state index contributed by atoms with van der Waals surface area (Å²) in [6.45, 7) is 1.54. The molecule has 0 N–H and O–H groups in total. The molecular formula is C25H24F3N3O3. The molecule has 6 nitrogen and oxygen atoms in total. The van der Waals surface area contributed by atoms with Gasteiger partial charge in [-0.05, 0) is 61.6 Å². The van der Waals surface area contributed by atoms with Crippen molar-refractivity contribution in [1.29, 1.82) is 0 Å². The first-order valence-electron chi connectivity index (χ1n) is 11.1. The summed E-state index contributed by atoms with van der Waals surface area (Å²) < 4.78 is 53.7. The SMILES string of the molecule is COc1cc(OC)cc(-c2nn(-c3cc(N4CCC4)ccc3C(F)(F)F)c(=O)c3c2CCC3)c1. The lowest BCUT2D eigenvalue weighted by molar-refractivity contribution is -0.137. The van der Waals surface area contributed by atoms with Gasteiger partial charge in [0, 0.05) is 36.0 Å². The summed E-state index contributed by atoms with van der Waals surface area (Å²) in [5.41, 5.74) is 1.36. The molecule has 0 unspecified atom stereocenters. The maximum absolute atomic E-state index is 14.0. The van der Waals surface area contributed by atoms with Crippen LogP contribution in [0.4, 0.5) is 18.9 Å². The minimum absolute atomic E-state index is 0.257. The van der Waals surface area contributed by atoms with Crippen molar-refractivity contribution in [3.63, 3.8) is 0 Å². The minimum Gasteiger partial charge on any atom is -0.497 e. The van der Waals surface area contributed by atoms with E-state index in [4.69, 9.17) is 9.47 Å². The molecule has 178 valence electrons. The number of alkyl halides is 3. The van der Waals surface area contributed by atoms with E-state index in [-0.39, 0.29) is 5.69 Å². The van der Waals surface area contributed by atoms with Gasteiger partial charge in [0.05, 0.1) is 31.2 Å². The molecule has 1 aliphatic carbocycles. The highest BCUT2D eigenvalue weighted by atomic mass is 19.4. The van der Waals surface area contributed by atoms with E-state index in [0.29, 0.717) is 46.8 Å². The maximum Gasteiger partial charge on any atom is 0.418 e. The molecule has 0 saturated carbocycles. The number of nitrogens with zero attached hydrogens (tertiary/aromatic N) is 3. The van der Waals surface area contributed by atoms with E-state index >= 15 is 0 Å². The topological polar surface area (TPSA) is 56.6 Å². The van der Waals surface area contributed by atoms with Crippen LogP contribution >= 0.6 is 0 Å². The Bertz CT molecular complexity index is 1290. The predicted octanol–water partition coefficient (Wildman–Crippen LogP) is 4.63. The molecule has 0 bridgehead atoms. The van der Waals surface area contributed by atoms with Gasteiger partial charge in [0.1, 0.15) is 11.5 Å². The molecule has 0 atom stereocenters. The van der Waals surface area contributed by atoms with Crippen molar-refractivity contribution in [3.05, 3.63) is 63.4 Å². The van der Waals surface area contributed by atoms with Crippen LogP contribution < -0.4 is 19.9 Å². The molecule has 1 aromatic heterocycles. The summed E-state index contributed by atoms with van der Waals surface area (Å²) in [5, 5.41) is 4.53. The van der Waals surface area contributed by atoms with Gasteiger partial charge in [-0.15, -0.1) is 0 Å². The van der Waals surface area contributed by atoms with Crippen LogP contribution in [0.15, 0.2) is 41.2 Å². The Morgan fingerprint density at radius 2 is 1.59 bits per heavy atom. The largest absolute Gasteiger partial charge is 0.497 e. The highest BCUT2D eigenvalue weighted by molar-refractivity contribution is 5.69. The van der Waals surface area contributed by atoms with Gasteiger partial charge in [-0.3, -0.25) is 4.79 Å². The average molecular weight is 471 g/mol. The molecule has 0 radical (unpaired) electrons. The number of aromatic nitrogens is 2. The Morgan fingerprint density at radius 1 is 0.912 bits per heavy atom. The third kappa shape index (κ3) is 3.78. The smallest absolute Gasteiger partial charge is 0.418 e. The average Bonchev–Trinajstić information content (AvgIpc) is 3.27. The van der Waals surface area contributed by atoms with E-state index in [1.54, 1.807) is 18.2 Å². The molecule has 0 spiro atoms. The first-order chi connectivity index (χ1) is 16.3. The predicted molar refractivity (Wildman–Crippen MR) is 122 cm³/mol. The fraction of sp³-hybridized carbons (Fsp3) is 0.360. The summed E-state index contributed by atoms with van der Waals surface area (Å²) in [7, 11) is 3.04. The molecule has 1 fully saturated rings. The number of hydrogen-bond donors (Lipinski definition) is 0. The number of fused-ring (bicyclic) bond motifs is 1. The van der Waals surface area contributed by atoms with Crippen LogP contribution in [-0.4, -0.2) is 37.1 Å². The van der Waals surface area contributed by atoms with Crippen molar-refractivity contribution >= 4 is 5.69 Å². The standard InChI is InChI=1S/C25H24F3N3O3/c1-33-17-11-15(12-18(14-17)34-2)23-19-5-3-6-20(19)24(32)31(29-23)22-13-16(30-9-4-10-30)7-8-21(22)25(26,27)28/h7-8,11-14H,3-6,9-10H2,1-2H3. The molecule has 0 amide bonds. The summed E-state index contributed by atoms with van der Waals surface area (Å²) in [4.78, 5) is 15.4. The highest BCUT2D eigenvalue weighted by Crippen LogP contribution is 2.38. The number of halogens is 3. The van der Waals surface area contributed by atoms with Crippen LogP contribution in [0.1, 0.15) is 29.5 Å². The van der Waals surface area contributed by atoms with Crippen LogP contribution in [0, 0.1) is 0 Å². The van der Waals surface area contributed by atoms with Crippen LogP contribution in [-0.2, 0) is 19.0 Å². The van der Waals surface area contributed by atoms with Crippen LogP contribution in [0.5, 0.6) is 11.5 Å². The van der Waals surface area contributed by atoms with Crippen molar-refractivity contribution in [2.24, 2.45) is 0 Å². The second-order valence-corrected chi connectivity index (χ2v) is 8.52. The second kappa shape index (κ2) is 8.38. The number of anilines is 1. The molecule has 5 rings (SSSR count). The highest BCUT2D eigenvalue weighted by Gasteiger charge is 2.36. The van der Waals surface area contributed by atoms with Gasteiger partial charge in [0.2, 0.25) is 0 Å². The van der Waals surface area contributed by atoms with E-state index in [0.717, 1.165) is 42.2 Å². The monoisotopic (exact) mass is 471 g/mol. The van der Waals surface area contributed by atoms with Gasteiger partial charge in [0.25, 0.3) is 5.56 Å². The summed E-state index contributed by atoms with van der Waals surface area (Å²) in [5.74, 6) is 1.05. The van der Waals surface area contributed by atoms with Crippen LogP contribution in [0.2, 0.25) is 0 Å². The van der Waals surface area contributed by atoms with E-state index in [2.05, 4.69) is 5.10 Å². The van der Waals surface area contributed by atoms with Crippen molar-refractivity contribution in [2.45, 2.75) is 31.9 Å². The third-order valence-corrected chi connectivity index (χ3v) is 6.52. The minimum atomic E-state index is -4.64. The number of benzene rings is 2. The first-order valence-corrected chi connectivity index (χ1v) is 11.1. The molecule has 3 aromatic rings. The quantitative estimate of drug-likeness (QED) is 0.543. The van der Waals surface area contributed by atoms with Gasteiger partial charge < -0.3 is 14.4 Å². The number of hydrogen-bond acceptors (Lipinski definition) is 5. The summed E-state index contributed by atoms with van der Waals surface area (Å²) in [6.07, 6.45) is -1.78. The molecule has 2 heterocycles. The van der Waals surface area contributed by atoms with Crippen molar-refractivity contribution < 1.29 is 22.6 Å². The fourth-order valence-corrected chi connectivity index (χ4v) is 4.62. The molecule has 2 aromatic carbocycles. The van der Waals surface area contributed by atoms with Crippen molar-refractivity contribution in [1.82, 2.24) is 9.78 Å². The van der Waals surface area contributed by atoms with Crippen molar-refractivity contribution in [3.8, 4) is 28.4 Å². The van der Waals surface area contributed by atoms with Gasteiger partial charge in [-0.2, -0.15) is 23.0 Å². The van der Waals surface area contributed by atoms with E-state index < -0.39 is 17.3 Å². The first kappa shape index (κ1) is 22.3. The molecule has 1 saturated heterocycles. The van der Waals surface area contributed by atoms with Crippen molar-refractivity contribution in [2.75, 3.05) is 32.2 Å². The van der Waals surface area contributed by atoms with Gasteiger partial charge in [-0.25, -0.2) is 0 Å². The Balaban J connectivity index is 1.77. The van der Waals surface area contributed by atoms with E-state index in [9.17, 15) is 18.0 Å². The molecule has 9 heteroatoms. The van der Waals surface area contributed by atoms with Crippen LogP contribution in [0.3, 0.4) is 0 Å².